The van der Waals surface area contributed by atoms with Crippen LogP contribution in [0.25, 0.3) is 5.69 Å². The number of morpholine rings is 1. The number of anilines is 1. The highest BCUT2D eigenvalue weighted by atomic mass is 32.2. The Hall–Kier alpha value is -2.06. The summed E-state index contributed by atoms with van der Waals surface area (Å²) >= 11 is 1.42. The van der Waals surface area contributed by atoms with Crippen molar-refractivity contribution in [3.05, 3.63) is 29.8 Å². The standard InChI is InChI=1S/C22H33N5O2S/c1-16(2)5-8-18(4)23-20(28)15-30-22-25-24-21(26-11-13-29-14-12-26)27(22)19-9-6-17(3)7-10-19/h6-7,9-10,16,18H,5,8,11-15H2,1-4H3,(H,23,28)/t18-/m1/s1. The van der Waals surface area contributed by atoms with Crippen LogP contribution in [0.1, 0.15) is 39.2 Å². The Morgan fingerprint density at radius 2 is 1.83 bits per heavy atom. The lowest BCUT2D eigenvalue weighted by Gasteiger charge is -2.28. The van der Waals surface area contributed by atoms with Gasteiger partial charge in [0.15, 0.2) is 5.16 Å². The lowest BCUT2D eigenvalue weighted by Crippen LogP contribution is -2.38. The first-order valence-corrected chi connectivity index (χ1v) is 11.7. The summed E-state index contributed by atoms with van der Waals surface area (Å²) in [6, 6.07) is 8.48. The molecule has 1 saturated heterocycles. The van der Waals surface area contributed by atoms with Gasteiger partial charge in [-0.3, -0.25) is 9.36 Å². The van der Waals surface area contributed by atoms with Crippen molar-refractivity contribution in [1.29, 1.82) is 0 Å². The Balaban J connectivity index is 1.71. The minimum absolute atomic E-state index is 0.0302. The van der Waals surface area contributed by atoms with Crippen LogP contribution in [-0.2, 0) is 9.53 Å². The van der Waals surface area contributed by atoms with E-state index >= 15 is 0 Å². The number of thioether (sulfide) groups is 1. The van der Waals surface area contributed by atoms with Gasteiger partial charge in [-0.15, -0.1) is 10.2 Å². The molecule has 1 aromatic carbocycles. The lowest BCUT2D eigenvalue weighted by atomic mass is 10.0. The smallest absolute Gasteiger partial charge is 0.232 e. The Morgan fingerprint density at radius 3 is 2.50 bits per heavy atom. The number of amides is 1. The molecule has 0 saturated carbocycles. The fourth-order valence-electron chi connectivity index (χ4n) is 3.35. The molecule has 2 heterocycles. The second-order valence-corrected chi connectivity index (χ2v) is 9.22. The van der Waals surface area contributed by atoms with Crippen molar-refractivity contribution in [3.8, 4) is 5.69 Å². The number of nitrogens with one attached hydrogen (secondary N) is 1. The third-order valence-electron chi connectivity index (χ3n) is 5.12. The molecule has 0 unspecified atom stereocenters. The first kappa shape index (κ1) is 22.6. The molecule has 0 spiro atoms. The third kappa shape index (κ3) is 6.22. The number of ether oxygens (including phenoxy) is 1. The van der Waals surface area contributed by atoms with Crippen molar-refractivity contribution in [3.63, 3.8) is 0 Å². The van der Waals surface area contributed by atoms with Gasteiger partial charge in [-0.25, -0.2) is 0 Å². The minimum atomic E-state index is 0.0302. The van der Waals surface area contributed by atoms with Gasteiger partial charge in [0.25, 0.3) is 0 Å². The quantitative estimate of drug-likeness (QED) is 0.613. The highest BCUT2D eigenvalue weighted by Gasteiger charge is 2.22. The zero-order chi connectivity index (χ0) is 21.5. The van der Waals surface area contributed by atoms with E-state index in [4.69, 9.17) is 4.74 Å². The van der Waals surface area contributed by atoms with Crippen LogP contribution >= 0.6 is 11.8 Å². The van der Waals surface area contributed by atoms with Crippen molar-refractivity contribution >= 4 is 23.6 Å². The van der Waals surface area contributed by atoms with Crippen molar-refractivity contribution in [1.82, 2.24) is 20.1 Å². The van der Waals surface area contributed by atoms with E-state index in [0.717, 1.165) is 42.7 Å². The van der Waals surface area contributed by atoms with Crippen molar-refractivity contribution in [2.75, 3.05) is 37.0 Å². The van der Waals surface area contributed by atoms with Crippen LogP contribution in [0.5, 0.6) is 0 Å². The second kappa shape index (κ2) is 10.8. The number of nitrogens with zero attached hydrogens (tertiary/aromatic N) is 4. The van der Waals surface area contributed by atoms with E-state index < -0.39 is 0 Å². The molecular formula is C22H33N5O2S. The topological polar surface area (TPSA) is 72.3 Å². The molecule has 1 aliphatic rings. The van der Waals surface area contributed by atoms with E-state index in [9.17, 15) is 4.79 Å². The summed E-state index contributed by atoms with van der Waals surface area (Å²) in [5.41, 5.74) is 2.20. The van der Waals surface area contributed by atoms with E-state index in [-0.39, 0.29) is 11.9 Å². The summed E-state index contributed by atoms with van der Waals surface area (Å²) in [5.74, 6) is 1.79. The molecule has 3 rings (SSSR count). The maximum atomic E-state index is 12.5. The highest BCUT2D eigenvalue weighted by molar-refractivity contribution is 7.99. The van der Waals surface area contributed by atoms with Gasteiger partial charge in [-0.2, -0.15) is 0 Å². The van der Waals surface area contributed by atoms with Gasteiger partial charge >= 0.3 is 0 Å². The molecule has 1 fully saturated rings. The highest BCUT2D eigenvalue weighted by Crippen LogP contribution is 2.27. The molecule has 8 heteroatoms. The van der Waals surface area contributed by atoms with E-state index in [1.807, 2.05) is 4.57 Å². The van der Waals surface area contributed by atoms with Gasteiger partial charge in [-0.05, 0) is 44.7 Å². The molecule has 30 heavy (non-hydrogen) atoms. The van der Waals surface area contributed by atoms with Crippen LogP contribution in [0.3, 0.4) is 0 Å². The number of aromatic nitrogens is 3. The van der Waals surface area contributed by atoms with Crippen LogP contribution in [0.15, 0.2) is 29.4 Å². The number of hydrogen-bond donors (Lipinski definition) is 1. The summed E-state index contributed by atoms with van der Waals surface area (Å²) in [7, 11) is 0. The van der Waals surface area contributed by atoms with E-state index in [1.54, 1.807) is 0 Å². The monoisotopic (exact) mass is 431 g/mol. The van der Waals surface area contributed by atoms with Crippen LogP contribution in [0, 0.1) is 12.8 Å². The first-order chi connectivity index (χ1) is 14.4. The molecule has 1 aromatic heterocycles. The van der Waals surface area contributed by atoms with Gasteiger partial charge in [0.05, 0.1) is 24.7 Å². The zero-order valence-corrected chi connectivity index (χ0v) is 19.2. The summed E-state index contributed by atoms with van der Waals surface area (Å²) < 4.78 is 7.53. The van der Waals surface area contributed by atoms with E-state index in [1.165, 1.54) is 17.3 Å². The summed E-state index contributed by atoms with van der Waals surface area (Å²) in [5, 5.41) is 12.7. The lowest BCUT2D eigenvalue weighted by molar-refractivity contribution is -0.119. The largest absolute Gasteiger partial charge is 0.378 e. The third-order valence-corrected chi connectivity index (χ3v) is 6.05. The van der Waals surface area contributed by atoms with Crippen LogP contribution in [0.2, 0.25) is 0 Å². The number of aryl methyl sites for hydroxylation is 1. The average Bonchev–Trinajstić information content (AvgIpc) is 3.16. The van der Waals surface area contributed by atoms with Gasteiger partial charge in [-0.1, -0.05) is 43.3 Å². The average molecular weight is 432 g/mol. The van der Waals surface area contributed by atoms with Gasteiger partial charge < -0.3 is 15.0 Å². The number of rotatable bonds is 9. The molecule has 0 radical (unpaired) electrons. The molecule has 1 N–H and O–H groups in total. The molecule has 1 atom stereocenters. The van der Waals surface area contributed by atoms with Gasteiger partial charge in [0.1, 0.15) is 0 Å². The number of benzene rings is 1. The summed E-state index contributed by atoms with van der Waals surface area (Å²) in [4.78, 5) is 14.6. The molecule has 7 nitrogen and oxygen atoms in total. The number of hydrogen-bond acceptors (Lipinski definition) is 6. The molecule has 1 aliphatic heterocycles. The molecule has 0 bridgehead atoms. The minimum Gasteiger partial charge on any atom is -0.378 e. The fourth-order valence-corrected chi connectivity index (χ4v) is 4.10. The second-order valence-electron chi connectivity index (χ2n) is 8.28. The summed E-state index contributed by atoms with van der Waals surface area (Å²) in [6.45, 7) is 11.5. The Labute approximate surface area is 183 Å². The van der Waals surface area contributed by atoms with Crippen LogP contribution < -0.4 is 10.2 Å². The number of carbonyl (C=O) groups excluding carboxylic acids is 1. The van der Waals surface area contributed by atoms with Crippen molar-refractivity contribution in [2.24, 2.45) is 5.92 Å². The van der Waals surface area contributed by atoms with Gasteiger partial charge in [0.2, 0.25) is 11.9 Å². The zero-order valence-electron chi connectivity index (χ0n) is 18.4. The maximum Gasteiger partial charge on any atom is 0.232 e. The van der Waals surface area contributed by atoms with E-state index in [2.05, 4.69) is 72.4 Å². The molecule has 164 valence electrons. The SMILES string of the molecule is Cc1ccc(-n2c(SCC(=O)N[C@H](C)CCC(C)C)nnc2N2CCOCC2)cc1. The molecular weight excluding hydrogens is 398 g/mol. The van der Waals surface area contributed by atoms with Crippen LogP contribution in [0.4, 0.5) is 5.95 Å². The van der Waals surface area contributed by atoms with Crippen LogP contribution in [-0.4, -0.2) is 58.8 Å². The van der Waals surface area contributed by atoms with Crippen molar-refractivity contribution < 1.29 is 9.53 Å². The summed E-state index contributed by atoms with van der Waals surface area (Å²) in [6.07, 6.45) is 2.11. The Kier molecular flexibility index (Phi) is 8.16. The first-order valence-electron chi connectivity index (χ1n) is 10.7. The van der Waals surface area contributed by atoms with Gasteiger partial charge in [0, 0.05) is 19.1 Å². The van der Waals surface area contributed by atoms with Crippen molar-refractivity contribution in [2.45, 2.75) is 51.7 Å². The number of carbonyl (C=O) groups is 1. The normalized spacial score (nSPS) is 15.4. The Morgan fingerprint density at radius 1 is 1.13 bits per heavy atom. The maximum absolute atomic E-state index is 12.5. The predicted molar refractivity (Wildman–Crippen MR) is 122 cm³/mol. The Bertz CT molecular complexity index is 815. The molecule has 0 aliphatic carbocycles. The molecule has 2 aromatic rings. The van der Waals surface area contributed by atoms with E-state index in [0.29, 0.717) is 24.9 Å². The molecule has 1 amide bonds. The fraction of sp³-hybridized carbons (Fsp3) is 0.591. The predicted octanol–water partition coefficient (Wildman–Crippen LogP) is 3.45.